The Morgan fingerprint density at radius 2 is 0.941 bits per heavy atom. The molecular formula is C13H25O3S-. The molecule has 0 unspecified atom stereocenters. The Hall–Kier alpha value is -0.0900. The molecule has 0 amide bonds. The minimum atomic E-state index is -4.07. The summed E-state index contributed by atoms with van der Waals surface area (Å²) >= 11 is 0. The Labute approximate surface area is 106 Å². The SMILES string of the molecule is O=S(=O)([O-])C1CCCCCCCCCCCC1. The molecule has 0 spiro atoms. The molecular weight excluding hydrogens is 236 g/mol. The lowest BCUT2D eigenvalue weighted by Gasteiger charge is -2.20. The van der Waals surface area contributed by atoms with Crippen LogP contribution in [0.2, 0.25) is 0 Å². The van der Waals surface area contributed by atoms with E-state index in [-0.39, 0.29) is 0 Å². The van der Waals surface area contributed by atoms with Gasteiger partial charge in [0.2, 0.25) is 0 Å². The highest BCUT2D eigenvalue weighted by molar-refractivity contribution is 7.86. The number of hydrogen-bond donors (Lipinski definition) is 0. The summed E-state index contributed by atoms with van der Waals surface area (Å²) < 4.78 is 33.3. The molecule has 0 aromatic rings. The summed E-state index contributed by atoms with van der Waals surface area (Å²) in [5.41, 5.74) is 0. The molecule has 0 saturated heterocycles. The van der Waals surface area contributed by atoms with E-state index in [2.05, 4.69) is 0 Å². The summed E-state index contributed by atoms with van der Waals surface area (Å²) in [5.74, 6) is 0. The zero-order valence-corrected chi connectivity index (χ0v) is 11.5. The van der Waals surface area contributed by atoms with Crippen LogP contribution in [-0.2, 0) is 10.1 Å². The van der Waals surface area contributed by atoms with E-state index in [1.54, 1.807) is 0 Å². The molecule has 0 aromatic carbocycles. The van der Waals surface area contributed by atoms with Crippen LogP contribution in [0.5, 0.6) is 0 Å². The third kappa shape index (κ3) is 7.04. The van der Waals surface area contributed by atoms with Gasteiger partial charge in [0.25, 0.3) is 0 Å². The molecule has 17 heavy (non-hydrogen) atoms. The molecule has 102 valence electrons. The van der Waals surface area contributed by atoms with Gasteiger partial charge in [-0.2, -0.15) is 0 Å². The second kappa shape index (κ2) is 8.09. The van der Waals surface area contributed by atoms with E-state index >= 15 is 0 Å². The molecule has 0 atom stereocenters. The van der Waals surface area contributed by atoms with E-state index < -0.39 is 15.4 Å². The zero-order chi connectivity index (χ0) is 12.6. The van der Waals surface area contributed by atoms with E-state index in [4.69, 9.17) is 0 Å². The lowest BCUT2D eigenvalue weighted by atomic mass is 10.1. The second-order valence-electron chi connectivity index (χ2n) is 5.23. The van der Waals surface area contributed by atoms with E-state index in [1.807, 2.05) is 0 Å². The zero-order valence-electron chi connectivity index (χ0n) is 10.7. The van der Waals surface area contributed by atoms with Crippen molar-refractivity contribution >= 4 is 10.1 Å². The van der Waals surface area contributed by atoms with Crippen molar-refractivity contribution in [1.82, 2.24) is 0 Å². The maximum atomic E-state index is 11.1. The van der Waals surface area contributed by atoms with Gasteiger partial charge in [-0.25, -0.2) is 8.42 Å². The van der Waals surface area contributed by atoms with Gasteiger partial charge in [-0.15, -0.1) is 0 Å². The van der Waals surface area contributed by atoms with E-state index in [0.717, 1.165) is 25.7 Å². The molecule has 0 heterocycles. The number of hydrogen-bond acceptors (Lipinski definition) is 3. The molecule has 1 aliphatic carbocycles. The van der Waals surface area contributed by atoms with Gasteiger partial charge >= 0.3 is 0 Å². The van der Waals surface area contributed by atoms with Gasteiger partial charge in [0, 0.05) is 5.25 Å². The third-order valence-electron chi connectivity index (χ3n) is 3.71. The molecule has 1 saturated carbocycles. The quantitative estimate of drug-likeness (QED) is 0.678. The molecule has 0 aliphatic heterocycles. The van der Waals surface area contributed by atoms with Crippen LogP contribution in [0, 0.1) is 0 Å². The summed E-state index contributed by atoms with van der Waals surface area (Å²) in [5, 5.41) is -0.622. The summed E-state index contributed by atoms with van der Waals surface area (Å²) in [6.45, 7) is 0. The fourth-order valence-electron chi connectivity index (χ4n) is 2.59. The maximum Gasteiger partial charge on any atom is 0.0975 e. The molecule has 1 rings (SSSR count). The molecule has 0 N–H and O–H groups in total. The molecule has 1 aliphatic rings. The molecule has 1 fully saturated rings. The van der Waals surface area contributed by atoms with Crippen molar-refractivity contribution in [3.05, 3.63) is 0 Å². The Morgan fingerprint density at radius 1 is 0.647 bits per heavy atom. The van der Waals surface area contributed by atoms with E-state index in [9.17, 15) is 13.0 Å². The summed E-state index contributed by atoms with van der Waals surface area (Å²) in [7, 11) is -4.07. The smallest absolute Gasteiger partial charge is 0.0975 e. The van der Waals surface area contributed by atoms with Crippen molar-refractivity contribution in [1.29, 1.82) is 0 Å². The largest absolute Gasteiger partial charge is 0.748 e. The average Bonchev–Trinajstić information content (AvgIpc) is 2.27. The molecule has 0 aromatic heterocycles. The molecule has 0 radical (unpaired) electrons. The van der Waals surface area contributed by atoms with Crippen LogP contribution in [0.3, 0.4) is 0 Å². The monoisotopic (exact) mass is 261 g/mol. The highest BCUT2D eigenvalue weighted by Gasteiger charge is 2.15. The Balaban J connectivity index is 2.42. The van der Waals surface area contributed by atoms with Crippen LogP contribution in [-0.4, -0.2) is 18.2 Å². The topological polar surface area (TPSA) is 57.2 Å². The summed E-state index contributed by atoms with van der Waals surface area (Å²) in [4.78, 5) is 0. The minimum Gasteiger partial charge on any atom is -0.748 e. The molecule has 0 bridgehead atoms. The van der Waals surface area contributed by atoms with Crippen molar-refractivity contribution in [3.63, 3.8) is 0 Å². The van der Waals surface area contributed by atoms with Crippen molar-refractivity contribution in [2.24, 2.45) is 0 Å². The number of rotatable bonds is 1. The van der Waals surface area contributed by atoms with E-state index in [1.165, 1.54) is 38.5 Å². The first-order valence-electron chi connectivity index (χ1n) is 7.05. The standard InChI is InChI=1S/C13H26O3S/c14-17(15,16)13-11-9-7-5-3-1-2-4-6-8-10-12-13/h13H,1-12H2,(H,14,15,16)/p-1. The van der Waals surface area contributed by atoms with Crippen LogP contribution >= 0.6 is 0 Å². The van der Waals surface area contributed by atoms with Crippen molar-refractivity contribution < 1.29 is 13.0 Å². The fourth-order valence-corrected chi connectivity index (χ4v) is 3.50. The Bertz CT molecular complexity index is 271. The predicted molar refractivity (Wildman–Crippen MR) is 68.9 cm³/mol. The first-order valence-corrected chi connectivity index (χ1v) is 8.52. The van der Waals surface area contributed by atoms with Gasteiger partial charge < -0.3 is 4.55 Å². The third-order valence-corrected chi connectivity index (χ3v) is 5.00. The van der Waals surface area contributed by atoms with Crippen LogP contribution in [0.1, 0.15) is 77.0 Å². The molecule has 3 nitrogen and oxygen atoms in total. The Morgan fingerprint density at radius 3 is 1.24 bits per heavy atom. The normalized spacial score (nSPS) is 23.4. The van der Waals surface area contributed by atoms with Gasteiger partial charge in [0.1, 0.15) is 0 Å². The first kappa shape index (κ1) is 15.0. The van der Waals surface area contributed by atoms with Crippen LogP contribution in [0.25, 0.3) is 0 Å². The Kier molecular flexibility index (Phi) is 7.12. The van der Waals surface area contributed by atoms with Gasteiger partial charge in [-0.05, 0) is 12.8 Å². The first-order chi connectivity index (χ1) is 8.11. The second-order valence-corrected chi connectivity index (χ2v) is 6.88. The minimum absolute atomic E-state index is 0.575. The van der Waals surface area contributed by atoms with Crippen LogP contribution in [0.15, 0.2) is 0 Å². The van der Waals surface area contributed by atoms with Crippen molar-refractivity contribution in [2.45, 2.75) is 82.3 Å². The van der Waals surface area contributed by atoms with Crippen LogP contribution in [0.4, 0.5) is 0 Å². The van der Waals surface area contributed by atoms with Gasteiger partial charge in [0.15, 0.2) is 0 Å². The van der Waals surface area contributed by atoms with Crippen LogP contribution < -0.4 is 0 Å². The highest BCUT2D eigenvalue weighted by Crippen LogP contribution is 2.20. The lowest BCUT2D eigenvalue weighted by Crippen LogP contribution is -2.20. The average molecular weight is 261 g/mol. The lowest BCUT2D eigenvalue weighted by molar-refractivity contribution is 0.429. The molecule has 4 heteroatoms. The van der Waals surface area contributed by atoms with Gasteiger partial charge in [-0.1, -0.05) is 64.2 Å². The fraction of sp³-hybridized carbons (Fsp3) is 1.00. The highest BCUT2D eigenvalue weighted by atomic mass is 32.2. The van der Waals surface area contributed by atoms with Crippen molar-refractivity contribution in [3.8, 4) is 0 Å². The summed E-state index contributed by atoms with van der Waals surface area (Å²) in [6, 6.07) is 0. The van der Waals surface area contributed by atoms with Gasteiger partial charge in [0.05, 0.1) is 10.1 Å². The predicted octanol–water partition coefficient (Wildman–Crippen LogP) is 3.60. The maximum absolute atomic E-state index is 11.1. The van der Waals surface area contributed by atoms with E-state index in [0.29, 0.717) is 12.8 Å². The van der Waals surface area contributed by atoms with Crippen molar-refractivity contribution in [2.75, 3.05) is 0 Å². The summed E-state index contributed by atoms with van der Waals surface area (Å²) in [6.07, 6.45) is 12.6. The van der Waals surface area contributed by atoms with Gasteiger partial charge in [-0.3, -0.25) is 0 Å².